The SMILES string of the molecule is C[C+](CCO)C1CCCC1(C)C. The second kappa shape index (κ2) is 3.69. The van der Waals surface area contributed by atoms with Gasteiger partial charge in [0.05, 0.1) is 19.4 Å². The Labute approximate surface area is 76.2 Å². The highest BCUT2D eigenvalue weighted by atomic mass is 16.3. The fraction of sp³-hybridized carbons (Fsp3) is 0.909. The highest BCUT2D eigenvalue weighted by Crippen LogP contribution is 2.47. The Kier molecular flexibility index (Phi) is 3.05. The largest absolute Gasteiger partial charge is 0.392 e. The van der Waals surface area contributed by atoms with Crippen molar-refractivity contribution in [3.05, 3.63) is 5.92 Å². The van der Waals surface area contributed by atoms with Gasteiger partial charge in [-0.05, 0) is 19.3 Å². The van der Waals surface area contributed by atoms with Crippen molar-refractivity contribution in [3.8, 4) is 0 Å². The lowest BCUT2D eigenvalue weighted by molar-refractivity contribution is 0.235. The summed E-state index contributed by atoms with van der Waals surface area (Å²) in [7, 11) is 0. The summed E-state index contributed by atoms with van der Waals surface area (Å²) >= 11 is 0. The van der Waals surface area contributed by atoms with E-state index in [0.717, 1.165) is 12.3 Å². The molecule has 12 heavy (non-hydrogen) atoms. The maximum atomic E-state index is 8.85. The Bertz CT molecular complexity index is 140. The average molecular weight is 169 g/mol. The molecule has 1 atom stereocenters. The molecule has 0 saturated heterocycles. The van der Waals surface area contributed by atoms with E-state index < -0.39 is 0 Å². The minimum Gasteiger partial charge on any atom is -0.392 e. The lowest BCUT2D eigenvalue weighted by atomic mass is 9.74. The molecule has 0 heterocycles. The van der Waals surface area contributed by atoms with Gasteiger partial charge in [0.25, 0.3) is 0 Å². The lowest BCUT2D eigenvalue weighted by Gasteiger charge is -2.24. The van der Waals surface area contributed by atoms with Crippen molar-refractivity contribution in [2.75, 3.05) is 6.61 Å². The number of aliphatic hydroxyl groups excluding tert-OH is 1. The van der Waals surface area contributed by atoms with Gasteiger partial charge in [0.15, 0.2) is 0 Å². The monoisotopic (exact) mass is 169 g/mol. The molecule has 0 aromatic rings. The molecule has 70 valence electrons. The minimum absolute atomic E-state index is 0.318. The molecule has 0 aromatic carbocycles. The molecule has 1 N–H and O–H groups in total. The molecule has 1 heteroatoms. The molecule has 1 unspecified atom stereocenters. The Balaban J connectivity index is 2.50. The first-order valence-electron chi connectivity index (χ1n) is 5.01. The molecule has 1 fully saturated rings. The number of hydrogen-bond acceptors (Lipinski definition) is 1. The van der Waals surface area contributed by atoms with Crippen LogP contribution < -0.4 is 0 Å². The molecular weight excluding hydrogens is 148 g/mol. The van der Waals surface area contributed by atoms with E-state index in [-0.39, 0.29) is 0 Å². The summed E-state index contributed by atoms with van der Waals surface area (Å²) in [5.74, 6) is 2.25. The van der Waals surface area contributed by atoms with Crippen LogP contribution in [0.1, 0.15) is 46.5 Å². The molecule has 1 saturated carbocycles. The summed E-state index contributed by atoms with van der Waals surface area (Å²) < 4.78 is 0. The standard InChI is InChI=1S/C11H21O/c1-9(6-8-12)10-5-4-7-11(10,2)3/h10,12H,4-8H2,1-3H3/q+1. The minimum atomic E-state index is 0.318. The predicted octanol–water partition coefficient (Wildman–Crippen LogP) is 2.79. The van der Waals surface area contributed by atoms with Gasteiger partial charge >= 0.3 is 0 Å². The molecule has 1 aliphatic carbocycles. The molecule has 0 aliphatic heterocycles. The summed E-state index contributed by atoms with van der Waals surface area (Å²) in [5.41, 5.74) is 0.485. The summed E-state index contributed by atoms with van der Waals surface area (Å²) in [6, 6.07) is 0. The van der Waals surface area contributed by atoms with Crippen molar-refractivity contribution < 1.29 is 5.11 Å². The van der Waals surface area contributed by atoms with Gasteiger partial charge in [-0.2, -0.15) is 0 Å². The molecule has 1 nitrogen and oxygen atoms in total. The lowest BCUT2D eigenvalue weighted by Crippen LogP contribution is -2.23. The molecular formula is C11H21O+. The first-order chi connectivity index (χ1) is 5.58. The van der Waals surface area contributed by atoms with Gasteiger partial charge in [0.2, 0.25) is 0 Å². The second-order valence-electron chi connectivity index (χ2n) is 4.75. The maximum absolute atomic E-state index is 8.85. The van der Waals surface area contributed by atoms with Gasteiger partial charge in [-0.3, -0.25) is 0 Å². The molecule has 0 radical (unpaired) electrons. The van der Waals surface area contributed by atoms with Gasteiger partial charge in [-0.1, -0.05) is 13.8 Å². The van der Waals surface area contributed by atoms with Crippen LogP contribution in [0.25, 0.3) is 0 Å². The van der Waals surface area contributed by atoms with Crippen LogP contribution in [-0.4, -0.2) is 11.7 Å². The number of aliphatic hydroxyl groups is 1. The summed E-state index contributed by atoms with van der Waals surface area (Å²) in [5, 5.41) is 8.85. The van der Waals surface area contributed by atoms with E-state index in [2.05, 4.69) is 20.8 Å². The summed E-state index contributed by atoms with van der Waals surface area (Å²) in [6.45, 7) is 7.23. The van der Waals surface area contributed by atoms with Crippen molar-refractivity contribution in [2.24, 2.45) is 11.3 Å². The average Bonchev–Trinajstić information content (AvgIpc) is 2.30. The van der Waals surface area contributed by atoms with E-state index in [0.29, 0.717) is 12.0 Å². The van der Waals surface area contributed by atoms with Gasteiger partial charge in [0, 0.05) is 5.41 Å². The summed E-state index contributed by atoms with van der Waals surface area (Å²) in [6.07, 6.45) is 4.94. The topological polar surface area (TPSA) is 20.2 Å². The zero-order valence-corrected chi connectivity index (χ0v) is 8.56. The van der Waals surface area contributed by atoms with Crippen LogP contribution in [0.3, 0.4) is 0 Å². The van der Waals surface area contributed by atoms with Crippen LogP contribution in [0.4, 0.5) is 0 Å². The zero-order valence-electron chi connectivity index (χ0n) is 8.56. The van der Waals surface area contributed by atoms with Crippen LogP contribution in [0.5, 0.6) is 0 Å². The van der Waals surface area contributed by atoms with Crippen LogP contribution in [0.2, 0.25) is 0 Å². The maximum Gasteiger partial charge on any atom is 0.113 e. The molecule has 0 bridgehead atoms. The van der Waals surface area contributed by atoms with Crippen LogP contribution in [0.15, 0.2) is 0 Å². The molecule has 1 aliphatic rings. The molecule has 0 spiro atoms. The molecule has 0 aromatic heterocycles. The summed E-state index contributed by atoms with van der Waals surface area (Å²) in [4.78, 5) is 0. The number of rotatable bonds is 3. The highest BCUT2D eigenvalue weighted by Gasteiger charge is 2.44. The fourth-order valence-electron chi connectivity index (χ4n) is 2.59. The van der Waals surface area contributed by atoms with E-state index in [1.807, 2.05) is 0 Å². The van der Waals surface area contributed by atoms with Crippen molar-refractivity contribution in [3.63, 3.8) is 0 Å². The van der Waals surface area contributed by atoms with Crippen LogP contribution >= 0.6 is 0 Å². The van der Waals surface area contributed by atoms with Crippen molar-refractivity contribution in [1.29, 1.82) is 0 Å². The third kappa shape index (κ3) is 1.95. The first kappa shape index (κ1) is 9.91. The third-order valence-electron chi connectivity index (χ3n) is 3.36. The van der Waals surface area contributed by atoms with E-state index >= 15 is 0 Å². The molecule has 1 rings (SSSR count). The van der Waals surface area contributed by atoms with E-state index in [1.54, 1.807) is 0 Å². The van der Waals surface area contributed by atoms with Crippen LogP contribution in [0, 0.1) is 17.3 Å². The van der Waals surface area contributed by atoms with Crippen molar-refractivity contribution >= 4 is 0 Å². The van der Waals surface area contributed by atoms with Crippen LogP contribution in [-0.2, 0) is 0 Å². The van der Waals surface area contributed by atoms with Crippen molar-refractivity contribution in [2.45, 2.75) is 46.5 Å². The fourth-order valence-corrected chi connectivity index (χ4v) is 2.59. The first-order valence-corrected chi connectivity index (χ1v) is 5.01. The Hall–Kier alpha value is -0.170. The van der Waals surface area contributed by atoms with Crippen molar-refractivity contribution in [1.82, 2.24) is 0 Å². The Morgan fingerprint density at radius 2 is 2.17 bits per heavy atom. The van der Waals surface area contributed by atoms with Gasteiger partial charge in [-0.25, -0.2) is 0 Å². The second-order valence-corrected chi connectivity index (χ2v) is 4.75. The Morgan fingerprint density at radius 3 is 2.58 bits per heavy atom. The number of hydrogen-bond donors (Lipinski definition) is 1. The van der Waals surface area contributed by atoms with E-state index in [9.17, 15) is 0 Å². The Morgan fingerprint density at radius 1 is 1.50 bits per heavy atom. The normalized spacial score (nSPS) is 27.5. The van der Waals surface area contributed by atoms with Gasteiger partial charge < -0.3 is 5.11 Å². The smallest absolute Gasteiger partial charge is 0.113 e. The van der Waals surface area contributed by atoms with E-state index in [4.69, 9.17) is 5.11 Å². The van der Waals surface area contributed by atoms with Gasteiger partial charge in [0.1, 0.15) is 12.3 Å². The zero-order chi connectivity index (χ0) is 9.19. The highest BCUT2D eigenvalue weighted by molar-refractivity contribution is 5.01. The molecule has 0 amide bonds. The van der Waals surface area contributed by atoms with E-state index in [1.165, 1.54) is 25.2 Å². The quantitative estimate of drug-likeness (QED) is 0.644. The predicted molar refractivity (Wildman–Crippen MR) is 51.7 cm³/mol. The van der Waals surface area contributed by atoms with Gasteiger partial charge in [-0.15, -0.1) is 0 Å². The third-order valence-corrected chi connectivity index (χ3v) is 3.36.